The number of hydrogen-bond acceptors (Lipinski definition) is 2. The molecule has 3 aromatic carbocycles. The van der Waals surface area contributed by atoms with E-state index in [1.807, 2.05) is 78.9 Å². The van der Waals surface area contributed by atoms with Gasteiger partial charge in [0.2, 0.25) is 0 Å². The molecule has 2 heteroatoms. The van der Waals surface area contributed by atoms with E-state index in [-0.39, 0.29) is 0 Å². The second kappa shape index (κ2) is 9.11. The van der Waals surface area contributed by atoms with Crippen LogP contribution in [-0.4, -0.2) is 5.11 Å². The SMILES string of the molecule is C=CCc1ccccc1O.c1ccc(Oc2ccccc2)cc1. The number of allylic oxidation sites excluding steroid dienone is 1. The van der Waals surface area contributed by atoms with E-state index in [0.717, 1.165) is 23.5 Å². The van der Waals surface area contributed by atoms with Crippen molar-refractivity contribution in [2.24, 2.45) is 0 Å². The standard InChI is InChI=1S/C12H10O.C9H10O/c1-3-7-11(8-4-1)13-12-9-5-2-6-10-12;1-2-5-8-6-3-4-7-9(8)10/h1-10H;2-4,6-7,10H,1,5H2. The zero-order valence-corrected chi connectivity index (χ0v) is 12.9. The van der Waals surface area contributed by atoms with Crippen molar-refractivity contribution in [1.82, 2.24) is 0 Å². The van der Waals surface area contributed by atoms with Gasteiger partial charge in [0.25, 0.3) is 0 Å². The molecule has 0 fully saturated rings. The Kier molecular flexibility index (Phi) is 6.48. The molecule has 3 aromatic rings. The summed E-state index contributed by atoms with van der Waals surface area (Å²) in [7, 11) is 0. The first-order valence-corrected chi connectivity index (χ1v) is 7.45. The Hall–Kier alpha value is -3.00. The first kappa shape index (κ1) is 16.4. The maximum absolute atomic E-state index is 9.19. The molecule has 0 atom stereocenters. The summed E-state index contributed by atoms with van der Waals surface area (Å²) in [5, 5.41) is 9.19. The Morgan fingerprint density at radius 3 is 1.70 bits per heavy atom. The van der Waals surface area contributed by atoms with Crippen molar-refractivity contribution in [1.29, 1.82) is 0 Å². The minimum atomic E-state index is 0.349. The van der Waals surface area contributed by atoms with Crippen molar-refractivity contribution in [3.63, 3.8) is 0 Å². The zero-order chi connectivity index (χ0) is 16.3. The van der Waals surface area contributed by atoms with Crippen molar-refractivity contribution >= 4 is 0 Å². The molecule has 0 heterocycles. The molecule has 0 saturated heterocycles. The van der Waals surface area contributed by atoms with Crippen molar-refractivity contribution in [2.45, 2.75) is 6.42 Å². The lowest BCUT2D eigenvalue weighted by molar-refractivity contribution is 0.470. The van der Waals surface area contributed by atoms with Crippen LogP contribution in [0.4, 0.5) is 0 Å². The molecule has 0 aliphatic heterocycles. The molecule has 0 aliphatic carbocycles. The topological polar surface area (TPSA) is 29.5 Å². The summed E-state index contributed by atoms with van der Waals surface area (Å²) in [5.41, 5.74) is 0.928. The molecule has 3 rings (SSSR count). The fourth-order valence-corrected chi connectivity index (χ4v) is 1.95. The Labute approximate surface area is 137 Å². The summed E-state index contributed by atoms with van der Waals surface area (Å²) in [5.74, 6) is 2.09. The van der Waals surface area contributed by atoms with Crippen LogP contribution in [0.15, 0.2) is 97.6 Å². The fraction of sp³-hybridized carbons (Fsp3) is 0.0476. The number of phenols is 1. The van der Waals surface area contributed by atoms with Crippen molar-refractivity contribution in [3.8, 4) is 17.2 Å². The minimum Gasteiger partial charge on any atom is -0.508 e. The lowest BCUT2D eigenvalue weighted by Crippen LogP contribution is -1.81. The molecule has 0 spiro atoms. The first-order chi connectivity index (χ1) is 11.3. The third-order valence-corrected chi connectivity index (χ3v) is 3.08. The maximum atomic E-state index is 9.19. The van der Waals surface area contributed by atoms with Gasteiger partial charge in [0.1, 0.15) is 17.2 Å². The van der Waals surface area contributed by atoms with Crippen LogP contribution in [0.1, 0.15) is 5.56 Å². The molecule has 0 amide bonds. The van der Waals surface area contributed by atoms with E-state index in [4.69, 9.17) is 4.74 Å². The number of hydrogen-bond donors (Lipinski definition) is 1. The van der Waals surface area contributed by atoms with Crippen LogP contribution in [0, 0.1) is 0 Å². The van der Waals surface area contributed by atoms with E-state index in [9.17, 15) is 5.11 Å². The quantitative estimate of drug-likeness (QED) is 0.636. The highest BCUT2D eigenvalue weighted by Crippen LogP contribution is 2.19. The monoisotopic (exact) mass is 304 g/mol. The van der Waals surface area contributed by atoms with Crippen LogP contribution in [0.3, 0.4) is 0 Å². The minimum absolute atomic E-state index is 0.349. The van der Waals surface area contributed by atoms with Gasteiger partial charge < -0.3 is 9.84 Å². The van der Waals surface area contributed by atoms with Crippen LogP contribution in [0.5, 0.6) is 17.2 Å². The number of ether oxygens (including phenoxy) is 1. The van der Waals surface area contributed by atoms with Crippen LogP contribution >= 0.6 is 0 Å². The Balaban J connectivity index is 0.000000174. The van der Waals surface area contributed by atoms with E-state index in [1.165, 1.54) is 0 Å². The summed E-state index contributed by atoms with van der Waals surface area (Å²) in [4.78, 5) is 0. The average Bonchev–Trinajstić information content (AvgIpc) is 2.60. The van der Waals surface area contributed by atoms with Crippen LogP contribution < -0.4 is 4.74 Å². The molecule has 2 nitrogen and oxygen atoms in total. The number of phenolic OH excluding ortho intramolecular Hbond substituents is 1. The molecule has 1 N–H and O–H groups in total. The Bertz CT molecular complexity index is 669. The highest BCUT2D eigenvalue weighted by molar-refractivity contribution is 5.33. The third-order valence-electron chi connectivity index (χ3n) is 3.08. The molecule has 0 radical (unpaired) electrons. The number of rotatable bonds is 4. The Morgan fingerprint density at radius 1 is 0.739 bits per heavy atom. The van der Waals surface area contributed by atoms with E-state index in [0.29, 0.717) is 5.75 Å². The zero-order valence-electron chi connectivity index (χ0n) is 12.9. The number of benzene rings is 3. The van der Waals surface area contributed by atoms with Gasteiger partial charge in [-0.1, -0.05) is 60.7 Å². The van der Waals surface area contributed by atoms with Gasteiger partial charge in [-0.25, -0.2) is 0 Å². The van der Waals surface area contributed by atoms with Gasteiger partial charge in [-0.2, -0.15) is 0 Å². The molecule has 0 aromatic heterocycles. The smallest absolute Gasteiger partial charge is 0.127 e. The van der Waals surface area contributed by atoms with Gasteiger partial charge in [0.15, 0.2) is 0 Å². The van der Waals surface area contributed by atoms with Gasteiger partial charge in [-0.05, 0) is 42.3 Å². The lowest BCUT2D eigenvalue weighted by Gasteiger charge is -2.03. The largest absolute Gasteiger partial charge is 0.508 e. The van der Waals surface area contributed by atoms with E-state index < -0.39 is 0 Å². The molecule has 23 heavy (non-hydrogen) atoms. The number of aromatic hydroxyl groups is 1. The summed E-state index contributed by atoms with van der Waals surface area (Å²) in [6.07, 6.45) is 2.50. The fourth-order valence-electron chi connectivity index (χ4n) is 1.95. The molecule has 0 saturated carbocycles. The highest BCUT2D eigenvalue weighted by atomic mass is 16.5. The van der Waals surface area contributed by atoms with Crippen LogP contribution in [0.2, 0.25) is 0 Å². The predicted octanol–water partition coefficient (Wildman–Crippen LogP) is 5.60. The van der Waals surface area contributed by atoms with Crippen LogP contribution in [-0.2, 0) is 6.42 Å². The average molecular weight is 304 g/mol. The van der Waals surface area contributed by atoms with Gasteiger partial charge in [0, 0.05) is 0 Å². The molecule has 0 unspecified atom stereocenters. The van der Waals surface area contributed by atoms with Crippen LogP contribution in [0.25, 0.3) is 0 Å². The number of para-hydroxylation sites is 3. The lowest BCUT2D eigenvalue weighted by atomic mass is 10.1. The van der Waals surface area contributed by atoms with Gasteiger partial charge in [0.05, 0.1) is 0 Å². The van der Waals surface area contributed by atoms with Gasteiger partial charge in [-0.15, -0.1) is 6.58 Å². The summed E-state index contributed by atoms with van der Waals surface area (Å²) in [6, 6.07) is 26.8. The van der Waals surface area contributed by atoms with Crippen molar-refractivity contribution in [2.75, 3.05) is 0 Å². The molecule has 0 bridgehead atoms. The first-order valence-electron chi connectivity index (χ1n) is 7.45. The van der Waals surface area contributed by atoms with Gasteiger partial charge in [-0.3, -0.25) is 0 Å². The normalized spacial score (nSPS) is 9.39. The second-order valence-corrected chi connectivity index (χ2v) is 4.85. The van der Waals surface area contributed by atoms with E-state index in [1.54, 1.807) is 12.1 Å². The molecular weight excluding hydrogens is 284 g/mol. The summed E-state index contributed by atoms with van der Waals surface area (Å²) in [6.45, 7) is 3.59. The second-order valence-electron chi connectivity index (χ2n) is 4.85. The third kappa shape index (κ3) is 5.71. The molecule has 0 aliphatic rings. The van der Waals surface area contributed by atoms with E-state index in [2.05, 4.69) is 6.58 Å². The van der Waals surface area contributed by atoms with Gasteiger partial charge >= 0.3 is 0 Å². The summed E-state index contributed by atoms with van der Waals surface area (Å²) >= 11 is 0. The molecular formula is C21H20O2. The Morgan fingerprint density at radius 2 is 1.22 bits per heavy atom. The van der Waals surface area contributed by atoms with Crippen molar-refractivity contribution in [3.05, 3.63) is 103 Å². The van der Waals surface area contributed by atoms with E-state index >= 15 is 0 Å². The summed E-state index contributed by atoms with van der Waals surface area (Å²) < 4.78 is 5.58. The molecule has 116 valence electrons. The van der Waals surface area contributed by atoms with Crippen molar-refractivity contribution < 1.29 is 9.84 Å². The predicted molar refractivity (Wildman–Crippen MR) is 95.0 cm³/mol. The highest BCUT2D eigenvalue weighted by Gasteiger charge is 1.94. The maximum Gasteiger partial charge on any atom is 0.127 e.